The number of anilines is 1. The summed E-state index contributed by atoms with van der Waals surface area (Å²) in [5, 5.41) is 0.328. The van der Waals surface area contributed by atoms with Crippen molar-refractivity contribution in [2.75, 3.05) is 5.73 Å². The number of hydrogen-bond donors (Lipinski definition) is 1. The minimum absolute atomic E-state index is 0.113. The van der Waals surface area contributed by atoms with Gasteiger partial charge in [0, 0.05) is 6.92 Å². The number of Topliss-reactive ketones (excluding diaryl/α,β-unsaturated/α-hetero) is 1. The van der Waals surface area contributed by atoms with Crippen LogP contribution >= 0.6 is 23.2 Å². The number of ketones is 1. The van der Waals surface area contributed by atoms with Crippen molar-refractivity contribution in [1.82, 2.24) is 4.98 Å². The molecule has 2 N–H and O–H groups in total. The van der Waals surface area contributed by atoms with Crippen molar-refractivity contribution in [3.8, 4) is 0 Å². The number of aromatic nitrogens is 1. The molecule has 0 bridgehead atoms. The molecule has 0 saturated heterocycles. The lowest BCUT2D eigenvalue weighted by atomic mass is 10.2. The van der Waals surface area contributed by atoms with E-state index in [1.807, 2.05) is 0 Å². The number of rotatable bonds is 1. The summed E-state index contributed by atoms with van der Waals surface area (Å²) in [5.41, 5.74) is 5.83. The molecule has 0 aliphatic rings. The Kier molecular flexibility index (Phi) is 2.55. The number of nitrogen functional groups attached to an aromatic ring is 1. The molecule has 0 aliphatic carbocycles. The molecular formula is C7H6Cl2N2O. The van der Waals surface area contributed by atoms with Gasteiger partial charge in [0.2, 0.25) is 0 Å². The van der Waals surface area contributed by atoms with Crippen LogP contribution in [0, 0.1) is 0 Å². The molecule has 1 aromatic rings. The third-order valence-electron chi connectivity index (χ3n) is 1.29. The highest BCUT2D eigenvalue weighted by atomic mass is 35.5. The minimum Gasteiger partial charge on any atom is -0.397 e. The summed E-state index contributed by atoms with van der Waals surface area (Å²) in [7, 11) is 0. The summed E-state index contributed by atoms with van der Waals surface area (Å²) in [6, 6.07) is 1.40. The Morgan fingerprint density at radius 1 is 1.58 bits per heavy atom. The zero-order valence-electron chi connectivity index (χ0n) is 6.27. The van der Waals surface area contributed by atoms with Crippen molar-refractivity contribution < 1.29 is 4.79 Å². The fourth-order valence-corrected chi connectivity index (χ4v) is 1.18. The van der Waals surface area contributed by atoms with Crippen molar-refractivity contribution in [2.24, 2.45) is 0 Å². The van der Waals surface area contributed by atoms with E-state index in [-0.39, 0.29) is 27.3 Å². The Bertz CT molecular complexity index is 338. The van der Waals surface area contributed by atoms with E-state index >= 15 is 0 Å². The highest BCUT2D eigenvalue weighted by Crippen LogP contribution is 2.24. The number of nitrogens with zero attached hydrogens (tertiary/aromatic N) is 1. The van der Waals surface area contributed by atoms with Gasteiger partial charge in [0.05, 0.1) is 10.7 Å². The molecule has 0 aromatic carbocycles. The Balaban J connectivity index is 3.37. The van der Waals surface area contributed by atoms with Crippen LogP contribution in [0.1, 0.15) is 17.4 Å². The second-order valence-electron chi connectivity index (χ2n) is 2.25. The first-order chi connectivity index (χ1) is 5.52. The minimum atomic E-state index is -0.255. The summed E-state index contributed by atoms with van der Waals surface area (Å²) in [6.45, 7) is 1.35. The van der Waals surface area contributed by atoms with Crippen molar-refractivity contribution in [3.05, 3.63) is 21.9 Å². The molecule has 0 amide bonds. The van der Waals surface area contributed by atoms with E-state index in [2.05, 4.69) is 4.98 Å². The largest absolute Gasteiger partial charge is 0.397 e. The van der Waals surface area contributed by atoms with Gasteiger partial charge in [0.15, 0.2) is 5.78 Å². The van der Waals surface area contributed by atoms with Crippen LogP contribution in [-0.2, 0) is 0 Å². The summed E-state index contributed by atoms with van der Waals surface area (Å²) >= 11 is 11.3. The SMILES string of the molecule is CC(=O)c1nc(Cl)cc(N)c1Cl. The van der Waals surface area contributed by atoms with E-state index < -0.39 is 0 Å². The smallest absolute Gasteiger partial charge is 0.179 e. The average Bonchev–Trinajstić information content (AvgIpc) is 1.96. The second kappa shape index (κ2) is 3.29. The monoisotopic (exact) mass is 204 g/mol. The molecule has 3 nitrogen and oxygen atoms in total. The van der Waals surface area contributed by atoms with Gasteiger partial charge in [-0.05, 0) is 6.07 Å². The Morgan fingerprint density at radius 2 is 2.17 bits per heavy atom. The van der Waals surface area contributed by atoms with Gasteiger partial charge in [-0.1, -0.05) is 23.2 Å². The summed E-state index contributed by atoms with van der Waals surface area (Å²) in [5.74, 6) is -0.255. The normalized spacial score (nSPS) is 9.92. The maximum absolute atomic E-state index is 10.9. The average molecular weight is 205 g/mol. The van der Waals surface area contributed by atoms with Gasteiger partial charge in [-0.25, -0.2) is 4.98 Å². The molecule has 0 atom stereocenters. The third-order valence-corrected chi connectivity index (χ3v) is 1.88. The molecule has 0 unspecified atom stereocenters. The molecule has 0 radical (unpaired) electrons. The zero-order valence-corrected chi connectivity index (χ0v) is 7.78. The fourth-order valence-electron chi connectivity index (χ4n) is 0.750. The molecule has 0 spiro atoms. The van der Waals surface area contributed by atoms with Crippen molar-refractivity contribution in [3.63, 3.8) is 0 Å². The second-order valence-corrected chi connectivity index (χ2v) is 3.02. The van der Waals surface area contributed by atoms with Crippen LogP contribution in [0.3, 0.4) is 0 Å². The maximum Gasteiger partial charge on any atom is 0.179 e. The number of carbonyl (C=O) groups is 1. The molecule has 12 heavy (non-hydrogen) atoms. The van der Waals surface area contributed by atoms with Crippen LogP contribution in [0.5, 0.6) is 0 Å². The molecule has 5 heteroatoms. The molecule has 0 aliphatic heterocycles. The number of nitrogens with two attached hydrogens (primary N) is 1. The van der Waals surface area contributed by atoms with Crippen LogP contribution in [0.15, 0.2) is 6.07 Å². The lowest BCUT2D eigenvalue weighted by Crippen LogP contribution is -2.01. The number of hydrogen-bond acceptors (Lipinski definition) is 3. The summed E-state index contributed by atoms with van der Waals surface area (Å²) in [6.07, 6.45) is 0. The van der Waals surface area contributed by atoms with E-state index in [9.17, 15) is 4.79 Å². The standard InChI is InChI=1S/C7H6Cl2N2O/c1-3(12)7-6(9)4(10)2-5(8)11-7/h2H,1H3,(H2,10,11). The van der Waals surface area contributed by atoms with Crippen molar-refractivity contribution in [2.45, 2.75) is 6.92 Å². The van der Waals surface area contributed by atoms with Gasteiger partial charge in [0.1, 0.15) is 10.8 Å². The summed E-state index contributed by atoms with van der Waals surface area (Å²) in [4.78, 5) is 14.6. The molecular weight excluding hydrogens is 199 g/mol. The molecule has 0 fully saturated rings. The van der Waals surface area contributed by atoms with E-state index in [1.54, 1.807) is 0 Å². The van der Waals surface area contributed by atoms with Gasteiger partial charge < -0.3 is 5.73 Å². The molecule has 1 rings (SSSR count). The lowest BCUT2D eigenvalue weighted by Gasteiger charge is -2.02. The van der Waals surface area contributed by atoms with Crippen molar-refractivity contribution >= 4 is 34.7 Å². The van der Waals surface area contributed by atoms with E-state index in [4.69, 9.17) is 28.9 Å². The quantitative estimate of drug-likeness (QED) is 0.564. The van der Waals surface area contributed by atoms with Crippen LogP contribution in [-0.4, -0.2) is 10.8 Å². The van der Waals surface area contributed by atoms with E-state index in [0.29, 0.717) is 0 Å². The van der Waals surface area contributed by atoms with Gasteiger partial charge in [-0.15, -0.1) is 0 Å². The Hall–Kier alpha value is -0.800. The zero-order chi connectivity index (χ0) is 9.30. The van der Waals surface area contributed by atoms with Crippen LogP contribution < -0.4 is 5.73 Å². The first-order valence-corrected chi connectivity index (χ1v) is 3.90. The van der Waals surface area contributed by atoms with Gasteiger partial charge in [-0.3, -0.25) is 4.79 Å². The predicted molar refractivity (Wildman–Crippen MR) is 48.7 cm³/mol. The molecule has 1 heterocycles. The molecule has 0 saturated carbocycles. The molecule has 64 valence electrons. The fraction of sp³-hybridized carbons (Fsp3) is 0.143. The number of halogens is 2. The van der Waals surface area contributed by atoms with Gasteiger partial charge in [0.25, 0.3) is 0 Å². The number of pyridine rings is 1. The Labute approximate surface area is 79.5 Å². The molecule has 1 aromatic heterocycles. The first kappa shape index (κ1) is 9.29. The maximum atomic E-state index is 10.9. The number of carbonyl (C=O) groups excluding carboxylic acids is 1. The van der Waals surface area contributed by atoms with Gasteiger partial charge >= 0.3 is 0 Å². The highest BCUT2D eigenvalue weighted by molar-refractivity contribution is 6.37. The summed E-state index contributed by atoms with van der Waals surface area (Å²) < 4.78 is 0. The van der Waals surface area contributed by atoms with Crippen LogP contribution in [0.4, 0.5) is 5.69 Å². The lowest BCUT2D eigenvalue weighted by molar-refractivity contribution is 0.101. The Morgan fingerprint density at radius 3 is 2.67 bits per heavy atom. The highest BCUT2D eigenvalue weighted by Gasteiger charge is 2.11. The van der Waals surface area contributed by atoms with E-state index in [0.717, 1.165) is 0 Å². The predicted octanol–water partition coefficient (Wildman–Crippen LogP) is 2.17. The topological polar surface area (TPSA) is 56.0 Å². The van der Waals surface area contributed by atoms with E-state index in [1.165, 1.54) is 13.0 Å². The first-order valence-electron chi connectivity index (χ1n) is 3.15. The van der Waals surface area contributed by atoms with Crippen LogP contribution in [0.25, 0.3) is 0 Å². The van der Waals surface area contributed by atoms with Crippen LogP contribution in [0.2, 0.25) is 10.2 Å². The van der Waals surface area contributed by atoms with Crippen molar-refractivity contribution in [1.29, 1.82) is 0 Å². The third kappa shape index (κ3) is 1.68. The van der Waals surface area contributed by atoms with Gasteiger partial charge in [-0.2, -0.15) is 0 Å².